The second-order valence-corrected chi connectivity index (χ2v) is 5.86. The highest BCUT2D eigenvalue weighted by Crippen LogP contribution is 2.26. The molecule has 92 valence electrons. The lowest BCUT2D eigenvalue weighted by atomic mass is 9.91. The lowest BCUT2D eigenvalue weighted by molar-refractivity contribution is 0.120. The molecular weight excluding hydrogens is 278 g/mol. The van der Waals surface area contributed by atoms with Gasteiger partial charge in [-0.3, -0.25) is 4.90 Å². The first-order valence-electron chi connectivity index (χ1n) is 6.43. The Hall–Kier alpha value is -0.610. The van der Waals surface area contributed by atoms with Crippen LogP contribution in [0.3, 0.4) is 0 Å². The van der Waals surface area contributed by atoms with Crippen LogP contribution in [0.15, 0.2) is 22.8 Å². The number of halogens is 1. The van der Waals surface area contributed by atoms with Crippen molar-refractivity contribution in [2.75, 3.05) is 31.1 Å². The summed E-state index contributed by atoms with van der Waals surface area (Å²) in [6.07, 6.45) is 6.14. The fourth-order valence-electron chi connectivity index (χ4n) is 2.62. The van der Waals surface area contributed by atoms with Crippen molar-refractivity contribution in [1.29, 1.82) is 0 Å². The molecule has 3 rings (SSSR count). The Morgan fingerprint density at radius 1 is 1.12 bits per heavy atom. The van der Waals surface area contributed by atoms with Gasteiger partial charge in [0.2, 0.25) is 0 Å². The van der Waals surface area contributed by atoms with Crippen LogP contribution in [0.2, 0.25) is 0 Å². The van der Waals surface area contributed by atoms with Crippen LogP contribution in [-0.4, -0.2) is 42.1 Å². The molecule has 4 heteroatoms. The highest BCUT2D eigenvalue weighted by molar-refractivity contribution is 9.10. The van der Waals surface area contributed by atoms with E-state index >= 15 is 0 Å². The predicted molar refractivity (Wildman–Crippen MR) is 73.4 cm³/mol. The van der Waals surface area contributed by atoms with E-state index in [0.717, 1.165) is 29.4 Å². The zero-order valence-corrected chi connectivity index (χ0v) is 11.6. The Morgan fingerprint density at radius 2 is 1.88 bits per heavy atom. The van der Waals surface area contributed by atoms with Crippen LogP contribution in [0, 0.1) is 0 Å². The van der Waals surface area contributed by atoms with Gasteiger partial charge in [0.1, 0.15) is 5.82 Å². The molecule has 0 aromatic carbocycles. The Morgan fingerprint density at radius 3 is 2.41 bits per heavy atom. The monoisotopic (exact) mass is 295 g/mol. The average molecular weight is 296 g/mol. The standard InChI is InChI=1S/C13H18BrN3/c14-11-4-5-13(15-10-11)17-8-6-16(7-9-17)12-2-1-3-12/h4-5,10,12H,1-3,6-9H2. The molecule has 0 atom stereocenters. The first-order valence-corrected chi connectivity index (χ1v) is 7.23. The van der Waals surface area contributed by atoms with Gasteiger partial charge in [-0.05, 0) is 40.9 Å². The Labute approximate surface area is 111 Å². The van der Waals surface area contributed by atoms with Crippen molar-refractivity contribution in [2.45, 2.75) is 25.3 Å². The molecule has 1 saturated heterocycles. The molecule has 1 aliphatic carbocycles. The molecule has 0 radical (unpaired) electrons. The number of piperazine rings is 1. The lowest BCUT2D eigenvalue weighted by Gasteiger charge is -2.43. The number of nitrogens with zero attached hydrogens (tertiary/aromatic N) is 3. The number of aromatic nitrogens is 1. The Bertz CT molecular complexity index is 367. The van der Waals surface area contributed by atoms with Gasteiger partial charge in [-0.25, -0.2) is 4.98 Å². The molecule has 0 amide bonds. The van der Waals surface area contributed by atoms with Crippen LogP contribution in [0.5, 0.6) is 0 Å². The van der Waals surface area contributed by atoms with Gasteiger partial charge in [0.25, 0.3) is 0 Å². The number of rotatable bonds is 2. The maximum absolute atomic E-state index is 4.47. The van der Waals surface area contributed by atoms with Gasteiger partial charge in [-0.2, -0.15) is 0 Å². The van der Waals surface area contributed by atoms with Crippen LogP contribution in [0.25, 0.3) is 0 Å². The molecular formula is C13H18BrN3. The van der Waals surface area contributed by atoms with E-state index in [9.17, 15) is 0 Å². The third-order valence-corrected chi connectivity index (χ3v) is 4.41. The average Bonchev–Trinajstić information content (AvgIpc) is 2.29. The number of hydrogen-bond acceptors (Lipinski definition) is 3. The molecule has 3 nitrogen and oxygen atoms in total. The molecule has 1 aromatic rings. The van der Waals surface area contributed by atoms with Gasteiger partial charge in [0, 0.05) is 42.9 Å². The molecule has 1 aliphatic heterocycles. The molecule has 2 heterocycles. The van der Waals surface area contributed by atoms with Crippen LogP contribution in [0.1, 0.15) is 19.3 Å². The van der Waals surface area contributed by atoms with Crippen molar-refractivity contribution < 1.29 is 0 Å². The molecule has 1 saturated carbocycles. The van der Waals surface area contributed by atoms with Crippen LogP contribution in [0.4, 0.5) is 5.82 Å². The van der Waals surface area contributed by atoms with E-state index in [2.05, 4.69) is 42.8 Å². The molecule has 0 bridgehead atoms. The molecule has 0 spiro atoms. The molecule has 0 N–H and O–H groups in total. The zero-order chi connectivity index (χ0) is 11.7. The minimum atomic E-state index is 0.884. The van der Waals surface area contributed by atoms with E-state index < -0.39 is 0 Å². The molecule has 17 heavy (non-hydrogen) atoms. The Kier molecular flexibility index (Phi) is 3.34. The van der Waals surface area contributed by atoms with Crippen LogP contribution in [-0.2, 0) is 0 Å². The van der Waals surface area contributed by atoms with Gasteiger partial charge >= 0.3 is 0 Å². The first-order chi connectivity index (χ1) is 8.33. The highest BCUT2D eigenvalue weighted by atomic mass is 79.9. The van der Waals surface area contributed by atoms with E-state index in [0.29, 0.717) is 0 Å². The molecule has 1 aromatic heterocycles. The summed E-state index contributed by atoms with van der Waals surface area (Å²) >= 11 is 3.43. The van der Waals surface area contributed by atoms with Crippen molar-refractivity contribution in [2.24, 2.45) is 0 Å². The summed E-state index contributed by atoms with van der Waals surface area (Å²) in [5.74, 6) is 1.11. The smallest absolute Gasteiger partial charge is 0.128 e. The largest absolute Gasteiger partial charge is 0.354 e. The Balaban J connectivity index is 1.58. The molecule has 2 aliphatic rings. The van der Waals surface area contributed by atoms with Gasteiger partial charge in [-0.1, -0.05) is 6.42 Å². The molecule has 0 unspecified atom stereocenters. The van der Waals surface area contributed by atoms with Gasteiger partial charge in [0.15, 0.2) is 0 Å². The minimum Gasteiger partial charge on any atom is -0.354 e. The van der Waals surface area contributed by atoms with E-state index in [1.807, 2.05) is 6.20 Å². The SMILES string of the molecule is Brc1ccc(N2CCN(C3CCC3)CC2)nc1. The van der Waals surface area contributed by atoms with Crippen molar-refractivity contribution in [1.82, 2.24) is 9.88 Å². The summed E-state index contributed by atoms with van der Waals surface area (Å²) in [6.45, 7) is 4.63. The number of hydrogen-bond donors (Lipinski definition) is 0. The number of anilines is 1. The zero-order valence-electron chi connectivity index (χ0n) is 9.98. The predicted octanol–water partition coefficient (Wildman–Crippen LogP) is 2.52. The third-order valence-electron chi connectivity index (χ3n) is 3.94. The maximum atomic E-state index is 4.47. The van der Waals surface area contributed by atoms with Gasteiger partial charge < -0.3 is 4.90 Å². The summed E-state index contributed by atoms with van der Waals surface area (Å²) in [4.78, 5) is 9.51. The van der Waals surface area contributed by atoms with Crippen molar-refractivity contribution in [3.63, 3.8) is 0 Å². The van der Waals surface area contributed by atoms with E-state index in [-0.39, 0.29) is 0 Å². The summed E-state index contributed by atoms with van der Waals surface area (Å²) in [7, 11) is 0. The fraction of sp³-hybridized carbons (Fsp3) is 0.615. The summed E-state index contributed by atoms with van der Waals surface area (Å²) in [5.41, 5.74) is 0. The summed E-state index contributed by atoms with van der Waals surface area (Å²) in [6, 6.07) is 5.05. The minimum absolute atomic E-state index is 0.884. The number of pyridine rings is 1. The van der Waals surface area contributed by atoms with Crippen LogP contribution >= 0.6 is 15.9 Å². The van der Waals surface area contributed by atoms with Gasteiger partial charge in [-0.15, -0.1) is 0 Å². The van der Waals surface area contributed by atoms with Crippen molar-refractivity contribution in [3.05, 3.63) is 22.8 Å². The summed E-state index contributed by atoms with van der Waals surface area (Å²) in [5, 5.41) is 0. The highest BCUT2D eigenvalue weighted by Gasteiger charge is 2.28. The van der Waals surface area contributed by atoms with Crippen molar-refractivity contribution in [3.8, 4) is 0 Å². The lowest BCUT2D eigenvalue weighted by Crippen LogP contribution is -2.52. The normalized spacial score (nSPS) is 22.5. The molecule has 2 fully saturated rings. The second kappa shape index (κ2) is 4.94. The van der Waals surface area contributed by atoms with E-state index in [4.69, 9.17) is 0 Å². The second-order valence-electron chi connectivity index (χ2n) is 4.94. The summed E-state index contributed by atoms with van der Waals surface area (Å²) < 4.78 is 1.05. The van der Waals surface area contributed by atoms with Crippen LogP contribution < -0.4 is 4.90 Å². The van der Waals surface area contributed by atoms with Gasteiger partial charge in [0.05, 0.1) is 0 Å². The third kappa shape index (κ3) is 2.47. The topological polar surface area (TPSA) is 19.4 Å². The van der Waals surface area contributed by atoms with E-state index in [1.54, 1.807) is 0 Å². The quantitative estimate of drug-likeness (QED) is 0.836. The fourth-order valence-corrected chi connectivity index (χ4v) is 2.86. The van der Waals surface area contributed by atoms with Crippen molar-refractivity contribution >= 4 is 21.7 Å². The maximum Gasteiger partial charge on any atom is 0.128 e. The first kappa shape index (κ1) is 11.5. The van der Waals surface area contributed by atoms with E-state index in [1.165, 1.54) is 32.4 Å².